The smallest absolute Gasteiger partial charge is 0.191 e. The predicted molar refractivity (Wildman–Crippen MR) is 109 cm³/mol. The molecule has 8 heteroatoms. The summed E-state index contributed by atoms with van der Waals surface area (Å²) in [5.74, 6) is 0.709. The molecule has 1 aromatic heterocycles. The van der Waals surface area contributed by atoms with Crippen LogP contribution >= 0.6 is 23.2 Å². The van der Waals surface area contributed by atoms with Gasteiger partial charge in [-0.2, -0.15) is 0 Å². The maximum absolute atomic E-state index is 6.09. The zero-order valence-corrected chi connectivity index (χ0v) is 16.8. The van der Waals surface area contributed by atoms with Crippen molar-refractivity contribution >= 4 is 34.8 Å². The van der Waals surface area contributed by atoms with Crippen LogP contribution in [-0.2, 0) is 24.9 Å². The second kappa shape index (κ2) is 10.3. The summed E-state index contributed by atoms with van der Waals surface area (Å²) >= 11 is 12.1. The Morgan fingerprint density at radius 2 is 1.85 bits per heavy atom. The van der Waals surface area contributed by atoms with Crippen LogP contribution in [0.15, 0.2) is 35.3 Å². The molecule has 3 N–H and O–H groups in total. The van der Waals surface area contributed by atoms with Gasteiger partial charge in [0.25, 0.3) is 0 Å². The van der Waals surface area contributed by atoms with Gasteiger partial charge in [0.2, 0.25) is 0 Å². The van der Waals surface area contributed by atoms with E-state index >= 15 is 0 Å². The summed E-state index contributed by atoms with van der Waals surface area (Å²) < 4.78 is 6.87. The third-order valence-corrected chi connectivity index (χ3v) is 4.77. The molecule has 0 aliphatic rings. The molecule has 0 atom stereocenters. The van der Waals surface area contributed by atoms with Crippen molar-refractivity contribution in [3.8, 4) is 0 Å². The van der Waals surface area contributed by atoms with E-state index in [1.54, 1.807) is 14.2 Å². The molecule has 1 aromatic carbocycles. The van der Waals surface area contributed by atoms with E-state index in [-0.39, 0.29) is 0 Å². The summed E-state index contributed by atoms with van der Waals surface area (Å²) in [6.07, 6.45) is 0. The monoisotopic (exact) mass is 397 g/mol. The van der Waals surface area contributed by atoms with Crippen LogP contribution in [0, 0.1) is 0 Å². The lowest BCUT2D eigenvalue weighted by Crippen LogP contribution is -2.36. The first-order valence-corrected chi connectivity index (χ1v) is 9.06. The van der Waals surface area contributed by atoms with Gasteiger partial charge in [-0.15, -0.1) is 0 Å². The molecule has 6 nitrogen and oxygen atoms in total. The number of halogens is 2. The van der Waals surface area contributed by atoms with Gasteiger partial charge in [-0.3, -0.25) is 4.99 Å². The van der Waals surface area contributed by atoms with Gasteiger partial charge >= 0.3 is 0 Å². The number of hydrogen-bond donors (Lipinski definition) is 3. The number of aliphatic imine (C=N–C) groups is 1. The van der Waals surface area contributed by atoms with Gasteiger partial charge in [0, 0.05) is 45.7 Å². The lowest BCUT2D eigenvalue weighted by atomic mass is 10.2. The average Bonchev–Trinajstić information content (AvgIpc) is 2.90. The third-order valence-electron chi connectivity index (χ3n) is 3.93. The largest absolute Gasteiger partial charge is 0.383 e. The van der Waals surface area contributed by atoms with Crippen LogP contribution in [0.1, 0.15) is 11.3 Å². The zero-order chi connectivity index (χ0) is 18.9. The van der Waals surface area contributed by atoms with E-state index < -0.39 is 0 Å². The van der Waals surface area contributed by atoms with E-state index in [2.05, 4.69) is 45.2 Å². The summed E-state index contributed by atoms with van der Waals surface area (Å²) in [6.45, 7) is 2.72. The number of ether oxygens (including phenoxy) is 1. The average molecular weight is 398 g/mol. The molecule has 0 bridgehead atoms. The molecule has 0 fully saturated rings. The van der Waals surface area contributed by atoms with Crippen molar-refractivity contribution in [2.75, 3.05) is 32.6 Å². The minimum absolute atomic E-state index is 0.533. The zero-order valence-electron chi connectivity index (χ0n) is 15.3. The molecule has 1 heterocycles. The van der Waals surface area contributed by atoms with Crippen molar-refractivity contribution in [2.24, 2.45) is 12.0 Å². The first kappa shape index (κ1) is 20.4. The maximum Gasteiger partial charge on any atom is 0.191 e. The Balaban J connectivity index is 1.82. The Hall–Kier alpha value is -1.89. The lowest BCUT2D eigenvalue weighted by Gasteiger charge is -2.13. The van der Waals surface area contributed by atoms with E-state index in [0.717, 1.165) is 23.5 Å². The minimum Gasteiger partial charge on any atom is -0.383 e. The number of guanidine groups is 1. The van der Waals surface area contributed by atoms with Gasteiger partial charge in [-0.25, -0.2) is 0 Å². The Bertz CT molecular complexity index is 728. The normalized spacial score (nSPS) is 11.5. The van der Waals surface area contributed by atoms with E-state index in [4.69, 9.17) is 27.9 Å². The highest BCUT2D eigenvalue weighted by molar-refractivity contribution is 6.41. The number of anilines is 1. The van der Waals surface area contributed by atoms with Crippen molar-refractivity contribution in [1.29, 1.82) is 0 Å². The Morgan fingerprint density at radius 3 is 2.42 bits per heavy atom. The van der Waals surface area contributed by atoms with Gasteiger partial charge in [0.15, 0.2) is 5.96 Å². The van der Waals surface area contributed by atoms with Gasteiger partial charge in [0.05, 0.1) is 18.2 Å². The summed E-state index contributed by atoms with van der Waals surface area (Å²) in [5.41, 5.74) is 3.22. The fourth-order valence-corrected chi connectivity index (χ4v) is 2.79. The predicted octanol–water partition coefficient (Wildman–Crippen LogP) is 3.26. The molecule has 0 saturated carbocycles. The van der Waals surface area contributed by atoms with E-state index in [0.29, 0.717) is 35.8 Å². The Morgan fingerprint density at radius 1 is 1.15 bits per heavy atom. The van der Waals surface area contributed by atoms with Crippen LogP contribution in [-0.4, -0.2) is 37.8 Å². The SMILES string of the molecule is CN=C(NCc1ccc(NCCOC)cc1)NCc1cc(Cl)c(Cl)n1C. The van der Waals surface area contributed by atoms with Crippen LogP contribution in [0.25, 0.3) is 0 Å². The van der Waals surface area contributed by atoms with Crippen LogP contribution < -0.4 is 16.0 Å². The van der Waals surface area contributed by atoms with Gasteiger partial charge in [-0.05, 0) is 23.8 Å². The van der Waals surface area contributed by atoms with E-state index in [9.17, 15) is 0 Å². The molecule has 26 heavy (non-hydrogen) atoms. The third kappa shape index (κ3) is 5.83. The van der Waals surface area contributed by atoms with Crippen LogP contribution in [0.5, 0.6) is 0 Å². The number of rotatable bonds is 8. The minimum atomic E-state index is 0.533. The molecule has 142 valence electrons. The van der Waals surface area contributed by atoms with Crippen molar-refractivity contribution < 1.29 is 4.74 Å². The van der Waals surface area contributed by atoms with Crippen molar-refractivity contribution in [3.05, 3.63) is 51.8 Å². The van der Waals surface area contributed by atoms with Crippen LogP contribution in [0.3, 0.4) is 0 Å². The molecule has 0 aliphatic carbocycles. The lowest BCUT2D eigenvalue weighted by molar-refractivity contribution is 0.211. The number of methoxy groups -OCH3 is 1. The Labute approximate surface area is 164 Å². The van der Waals surface area contributed by atoms with Crippen LogP contribution in [0.4, 0.5) is 5.69 Å². The quantitative estimate of drug-likeness (QED) is 0.363. The maximum atomic E-state index is 6.09. The second-order valence-corrected chi connectivity index (χ2v) is 6.49. The molecule has 0 amide bonds. The summed E-state index contributed by atoms with van der Waals surface area (Å²) in [5, 5.41) is 10.9. The molecule has 0 radical (unpaired) electrons. The second-order valence-electron chi connectivity index (χ2n) is 5.73. The van der Waals surface area contributed by atoms with Crippen LogP contribution in [0.2, 0.25) is 10.2 Å². The van der Waals surface area contributed by atoms with Gasteiger partial charge in [-0.1, -0.05) is 35.3 Å². The van der Waals surface area contributed by atoms with Crippen molar-refractivity contribution in [3.63, 3.8) is 0 Å². The van der Waals surface area contributed by atoms with Crippen molar-refractivity contribution in [2.45, 2.75) is 13.1 Å². The fourth-order valence-electron chi connectivity index (χ4n) is 2.38. The molecule has 0 saturated heterocycles. The van der Waals surface area contributed by atoms with E-state index in [1.807, 2.05) is 17.7 Å². The van der Waals surface area contributed by atoms with Crippen molar-refractivity contribution in [1.82, 2.24) is 15.2 Å². The molecule has 0 unspecified atom stereocenters. The number of benzene rings is 1. The standard InChI is InChI=1S/C18H25Cl2N5O/c1-21-18(24-12-15-10-16(19)17(20)25(15)2)23-11-13-4-6-14(7-5-13)22-8-9-26-3/h4-7,10,22H,8-9,11-12H2,1-3H3,(H2,21,23,24). The first-order valence-electron chi connectivity index (χ1n) is 8.31. The topological polar surface area (TPSA) is 62.6 Å². The van der Waals surface area contributed by atoms with Gasteiger partial charge in [0.1, 0.15) is 5.15 Å². The fraction of sp³-hybridized carbons (Fsp3) is 0.389. The molecule has 0 aliphatic heterocycles. The summed E-state index contributed by atoms with van der Waals surface area (Å²) in [6, 6.07) is 10.1. The van der Waals surface area contributed by atoms with Gasteiger partial charge < -0.3 is 25.3 Å². The first-order chi connectivity index (χ1) is 12.5. The number of nitrogens with one attached hydrogen (secondary N) is 3. The molecule has 2 aromatic rings. The van der Waals surface area contributed by atoms with E-state index in [1.165, 1.54) is 0 Å². The molecule has 2 rings (SSSR count). The highest BCUT2D eigenvalue weighted by Gasteiger charge is 2.09. The highest BCUT2D eigenvalue weighted by Crippen LogP contribution is 2.24. The molecule has 0 spiro atoms. The summed E-state index contributed by atoms with van der Waals surface area (Å²) in [4.78, 5) is 4.24. The Kier molecular flexibility index (Phi) is 8.09. The summed E-state index contributed by atoms with van der Waals surface area (Å²) in [7, 11) is 5.31. The molecular formula is C18H25Cl2N5O. The molecular weight excluding hydrogens is 373 g/mol. The number of aromatic nitrogens is 1. The number of nitrogens with zero attached hydrogens (tertiary/aromatic N) is 2. The number of hydrogen-bond acceptors (Lipinski definition) is 3. The highest BCUT2D eigenvalue weighted by atomic mass is 35.5.